The maximum atomic E-state index is 11.3. The third-order valence-electron chi connectivity index (χ3n) is 3.13. The van der Waals surface area contributed by atoms with E-state index in [0.717, 1.165) is 17.5 Å². The van der Waals surface area contributed by atoms with Gasteiger partial charge < -0.3 is 15.2 Å². The van der Waals surface area contributed by atoms with Crippen molar-refractivity contribution in [1.82, 2.24) is 14.5 Å². The van der Waals surface area contributed by atoms with Crippen LogP contribution in [0.25, 0.3) is 11.0 Å². The topological polar surface area (TPSA) is 64.2 Å². The molecule has 0 aliphatic rings. The normalized spacial score (nSPS) is 10.8. The number of likely N-dealkylation sites (N-methyl/N-ethyl adjacent to an activating group) is 1. The lowest BCUT2D eigenvalue weighted by Crippen LogP contribution is -2.34. The largest absolute Gasteiger partial charge is 0.344 e. The van der Waals surface area contributed by atoms with E-state index in [2.05, 4.69) is 23.2 Å². The molecule has 2 rings (SSSR count). The van der Waals surface area contributed by atoms with Crippen LogP contribution in [0, 0.1) is 0 Å². The Balaban J connectivity index is 2.06. The van der Waals surface area contributed by atoms with Crippen LogP contribution in [0.4, 0.5) is 0 Å². The van der Waals surface area contributed by atoms with Crippen molar-refractivity contribution in [3.8, 4) is 0 Å². The maximum Gasteiger partial charge on any atom is 0.236 e. The van der Waals surface area contributed by atoms with Crippen LogP contribution in [-0.4, -0.2) is 40.5 Å². The quantitative estimate of drug-likeness (QED) is 0.856. The van der Waals surface area contributed by atoms with Crippen LogP contribution in [-0.2, 0) is 18.3 Å². The molecule has 0 unspecified atom stereocenters. The average Bonchev–Trinajstić information content (AvgIpc) is 2.76. The Hall–Kier alpha value is -1.88. The number of nitrogens with zero attached hydrogens (tertiary/aromatic N) is 3. The van der Waals surface area contributed by atoms with Crippen molar-refractivity contribution < 1.29 is 4.79 Å². The molecular formula is C13H18N4O. The minimum absolute atomic E-state index is 0.0334. The van der Waals surface area contributed by atoms with Crippen LogP contribution in [0.15, 0.2) is 24.5 Å². The summed E-state index contributed by atoms with van der Waals surface area (Å²) in [6, 6.07) is 6.20. The lowest BCUT2D eigenvalue weighted by Gasteiger charge is -2.15. The summed E-state index contributed by atoms with van der Waals surface area (Å²) in [6.45, 7) is 0.740. The van der Waals surface area contributed by atoms with Gasteiger partial charge in [-0.3, -0.25) is 4.79 Å². The van der Waals surface area contributed by atoms with E-state index < -0.39 is 0 Å². The highest BCUT2D eigenvalue weighted by atomic mass is 16.2. The van der Waals surface area contributed by atoms with Gasteiger partial charge in [0, 0.05) is 20.6 Å². The minimum Gasteiger partial charge on any atom is -0.344 e. The van der Waals surface area contributed by atoms with Crippen molar-refractivity contribution in [3.63, 3.8) is 0 Å². The Morgan fingerprint density at radius 3 is 3.00 bits per heavy atom. The highest BCUT2D eigenvalue weighted by molar-refractivity contribution is 5.78. The fraction of sp³-hybridized carbons (Fsp3) is 0.385. The van der Waals surface area contributed by atoms with Gasteiger partial charge in [-0.15, -0.1) is 0 Å². The molecule has 0 fully saturated rings. The van der Waals surface area contributed by atoms with Gasteiger partial charge in [-0.25, -0.2) is 4.98 Å². The van der Waals surface area contributed by atoms with Crippen molar-refractivity contribution in [2.24, 2.45) is 12.8 Å². The summed E-state index contributed by atoms with van der Waals surface area (Å²) in [5, 5.41) is 0. The first-order valence-electron chi connectivity index (χ1n) is 5.96. The summed E-state index contributed by atoms with van der Waals surface area (Å²) in [5.74, 6) is -0.0334. The smallest absolute Gasteiger partial charge is 0.236 e. The van der Waals surface area contributed by atoms with Gasteiger partial charge in [0.1, 0.15) is 0 Å². The lowest BCUT2D eigenvalue weighted by atomic mass is 10.1. The van der Waals surface area contributed by atoms with Gasteiger partial charge in [0.25, 0.3) is 0 Å². The van der Waals surface area contributed by atoms with Gasteiger partial charge in [-0.05, 0) is 24.1 Å². The van der Waals surface area contributed by atoms with Gasteiger partial charge >= 0.3 is 0 Å². The second kappa shape index (κ2) is 5.18. The minimum atomic E-state index is -0.0334. The number of hydrogen-bond acceptors (Lipinski definition) is 3. The van der Waals surface area contributed by atoms with E-state index in [1.165, 1.54) is 5.56 Å². The fourth-order valence-electron chi connectivity index (χ4n) is 1.91. The molecule has 1 aromatic heterocycles. The third-order valence-corrected chi connectivity index (χ3v) is 3.13. The Morgan fingerprint density at radius 2 is 2.28 bits per heavy atom. The standard InChI is InChI=1S/C13H18N4O/c1-16(13(18)8-14)6-5-10-3-4-12-11(7-10)15-9-17(12)2/h3-4,7,9H,5-6,8,14H2,1-2H3. The molecule has 0 radical (unpaired) electrons. The molecule has 0 aliphatic carbocycles. The predicted molar refractivity (Wildman–Crippen MR) is 71.1 cm³/mol. The molecule has 0 atom stereocenters. The number of carbonyl (C=O) groups is 1. The number of aromatic nitrogens is 2. The second-order valence-electron chi connectivity index (χ2n) is 4.45. The summed E-state index contributed by atoms with van der Waals surface area (Å²) in [5.41, 5.74) is 8.60. The number of imidazole rings is 1. The Labute approximate surface area is 106 Å². The number of nitrogens with two attached hydrogens (primary N) is 1. The molecule has 1 aromatic carbocycles. The van der Waals surface area contributed by atoms with E-state index in [-0.39, 0.29) is 12.5 Å². The molecule has 2 N–H and O–H groups in total. The molecule has 5 heteroatoms. The number of benzene rings is 1. The van der Waals surface area contributed by atoms with Gasteiger partial charge in [0.2, 0.25) is 5.91 Å². The van der Waals surface area contributed by atoms with Gasteiger partial charge in [0.05, 0.1) is 23.9 Å². The van der Waals surface area contributed by atoms with Crippen molar-refractivity contribution in [1.29, 1.82) is 0 Å². The van der Waals surface area contributed by atoms with Gasteiger partial charge in [-0.2, -0.15) is 0 Å². The molecule has 0 spiro atoms. The zero-order valence-corrected chi connectivity index (χ0v) is 10.8. The molecule has 0 aliphatic heterocycles. The van der Waals surface area contributed by atoms with Crippen LogP contribution >= 0.6 is 0 Å². The zero-order chi connectivity index (χ0) is 13.1. The van der Waals surface area contributed by atoms with Crippen LogP contribution in [0.2, 0.25) is 0 Å². The number of hydrogen-bond donors (Lipinski definition) is 1. The average molecular weight is 246 g/mol. The maximum absolute atomic E-state index is 11.3. The van der Waals surface area contributed by atoms with Gasteiger partial charge in [-0.1, -0.05) is 6.07 Å². The summed E-state index contributed by atoms with van der Waals surface area (Å²) in [7, 11) is 3.75. The van der Waals surface area contributed by atoms with Crippen molar-refractivity contribution in [2.45, 2.75) is 6.42 Å². The molecule has 18 heavy (non-hydrogen) atoms. The SMILES string of the molecule is CN(CCc1ccc2c(c1)ncn2C)C(=O)CN. The van der Waals surface area contributed by atoms with Crippen molar-refractivity contribution in [3.05, 3.63) is 30.1 Å². The summed E-state index contributed by atoms with van der Waals surface area (Å²) in [6.07, 6.45) is 2.62. The molecular weight excluding hydrogens is 228 g/mol. The molecule has 2 aromatic rings. The molecule has 96 valence electrons. The van der Waals surface area contributed by atoms with E-state index >= 15 is 0 Å². The second-order valence-corrected chi connectivity index (χ2v) is 4.45. The predicted octanol–water partition coefficient (Wildman–Crippen LogP) is 0.533. The van der Waals surface area contributed by atoms with E-state index in [4.69, 9.17) is 5.73 Å². The van der Waals surface area contributed by atoms with Crippen LogP contribution < -0.4 is 5.73 Å². The van der Waals surface area contributed by atoms with E-state index in [9.17, 15) is 4.79 Å². The van der Waals surface area contributed by atoms with Crippen LogP contribution in [0.5, 0.6) is 0 Å². The van der Waals surface area contributed by atoms with Gasteiger partial charge in [0.15, 0.2) is 0 Å². The third kappa shape index (κ3) is 2.51. The van der Waals surface area contributed by atoms with Crippen LogP contribution in [0.1, 0.15) is 5.56 Å². The molecule has 0 saturated carbocycles. The monoisotopic (exact) mass is 246 g/mol. The highest BCUT2D eigenvalue weighted by Crippen LogP contribution is 2.14. The first-order chi connectivity index (χ1) is 8.61. The van der Waals surface area contributed by atoms with Crippen molar-refractivity contribution in [2.75, 3.05) is 20.1 Å². The lowest BCUT2D eigenvalue weighted by molar-refractivity contribution is -0.128. The molecule has 0 bridgehead atoms. The fourth-order valence-corrected chi connectivity index (χ4v) is 1.91. The van der Waals surface area contributed by atoms with E-state index in [1.54, 1.807) is 18.3 Å². The molecule has 1 amide bonds. The number of aryl methyl sites for hydroxylation is 1. The Morgan fingerprint density at radius 1 is 1.50 bits per heavy atom. The zero-order valence-electron chi connectivity index (χ0n) is 10.8. The first-order valence-corrected chi connectivity index (χ1v) is 5.96. The Kier molecular flexibility index (Phi) is 3.62. The number of amides is 1. The van der Waals surface area contributed by atoms with E-state index in [1.807, 2.05) is 11.6 Å². The van der Waals surface area contributed by atoms with Crippen molar-refractivity contribution >= 4 is 16.9 Å². The molecule has 5 nitrogen and oxygen atoms in total. The summed E-state index contributed by atoms with van der Waals surface area (Å²) >= 11 is 0. The first kappa shape index (κ1) is 12.6. The van der Waals surface area contributed by atoms with Crippen LogP contribution in [0.3, 0.4) is 0 Å². The summed E-state index contributed by atoms with van der Waals surface area (Å²) < 4.78 is 1.99. The molecule has 0 saturated heterocycles. The number of rotatable bonds is 4. The molecule has 1 heterocycles. The summed E-state index contributed by atoms with van der Waals surface area (Å²) in [4.78, 5) is 17.3. The number of carbonyl (C=O) groups excluding carboxylic acids is 1. The van der Waals surface area contributed by atoms with E-state index in [0.29, 0.717) is 6.54 Å². The number of fused-ring (bicyclic) bond motifs is 1. The highest BCUT2D eigenvalue weighted by Gasteiger charge is 2.07. The Bertz CT molecular complexity index is 561.